The van der Waals surface area contributed by atoms with Crippen LogP contribution >= 0.6 is 0 Å². The van der Waals surface area contributed by atoms with Crippen molar-refractivity contribution in [1.29, 1.82) is 0 Å². The van der Waals surface area contributed by atoms with Crippen LogP contribution in [-0.4, -0.2) is 41.3 Å². The maximum atomic E-state index is 12.9. The van der Waals surface area contributed by atoms with Crippen molar-refractivity contribution in [1.82, 2.24) is 4.90 Å². The molecule has 0 aliphatic rings. The summed E-state index contributed by atoms with van der Waals surface area (Å²) < 4.78 is 44.7. The van der Waals surface area contributed by atoms with Gasteiger partial charge in [0, 0.05) is 19.2 Å². The van der Waals surface area contributed by atoms with Gasteiger partial charge in [-0.3, -0.25) is 0 Å². The first-order valence-corrected chi connectivity index (χ1v) is 6.57. The molecule has 0 heterocycles. The molecule has 7 heteroatoms. The number of benzene rings is 1. The van der Waals surface area contributed by atoms with E-state index < -0.39 is 10.2 Å². The molecule has 0 aliphatic carbocycles. The van der Waals surface area contributed by atoms with Gasteiger partial charge < -0.3 is 14.4 Å². The molecule has 0 fully saturated rings. The molecule has 0 saturated carbocycles. The first-order chi connectivity index (χ1) is 8.34. The van der Waals surface area contributed by atoms with E-state index in [0.29, 0.717) is 17.9 Å². The smallest absolute Gasteiger partial charge is 0.332 e. The van der Waals surface area contributed by atoms with E-state index in [1.54, 1.807) is 0 Å². The summed E-state index contributed by atoms with van der Waals surface area (Å²) in [6.45, 7) is 0.477. The average molecular weight is 277 g/mol. The zero-order chi connectivity index (χ0) is 13.8. The quantitative estimate of drug-likeness (QED) is 0.581. The van der Waals surface area contributed by atoms with Gasteiger partial charge in [-0.15, -0.1) is 3.89 Å². The van der Waals surface area contributed by atoms with Crippen molar-refractivity contribution in [2.45, 2.75) is 11.4 Å². The Kier molecular flexibility index (Phi) is 5.06. The molecule has 0 unspecified atom stereocenters. The summed E-state index contributed by atoms with van der Waals surface area (Å²) in [4.78, 5) is 1.45. The van der Waals surface area contributed by atoms with Gasteiger partial charge in [-0.05, 0) is 32.3 Å². The molecule has 0 N–H and O–H groups in total. The topological polar surface area (TPSA) is 55.8 Å². The van der Waals surface area contributed by atoms with Crippen LogP contribution < -0.4 is 4.74 Å². The van der Waals surface area contributed by atoms with E-state index >= 15 is 0 Å². The lowest BCUT2D eigenvalue weighted by Gasteiger charge is -2.15. The molecule has 0 saturated heterocycles. The van der Waals surface area contributed by atoms with Crippen molar-refractivity contribution in [3.63, 3.8) is 0 Å². The summed E-state index contributed by atoms with van der Waals surface area (Å²) in [5.74, 6) is 0.470. The summed E-state index contributed by atoms with van der Waals surface area (Å²) in [5, 5.41) is 0. The molecular weight excluding hydrogens is 261 g/mol. The van der Waals surface area contributed by atoms with Gasteiger partial charge in [0.15, 0.2) is 6.79 Å². The lowest BCUT2D eigenvalue weighted by molar-refractivity contribution is 0.0500. The second-order valence-electron chi connectivity index (χ2n) is 4.00. The summed E-state index contributed by atoms with van der Waals surface area (Å²) in [7, 11) is 0.407. The van der Waals surface area contributed by atoms with E-state index in [1.807, 2.05) is 19.0 Å². The highest BCUT2D eigenvalue weighted by molar-refractivity contribution is 7.86. The van der Waals surface area contributed by atoms with Crippen molar-refractivity contribution in [2.75, 3.05) is 28.0 Å². The van der Waals surface area contributed by atoms with Gasteiger partial charge in [-0.2, -0.15) is 8.42 Å². The first-order valence-electron chi connectivity index (χ1n) is 5.18. The fourth-order valence-corrected chi connectivity index (χ4v) is 1.95. The molecule has 102 valence electrons. The van der Waals surface area contributed by atoms with Crippen LogP contribution in [0.15, 0.2) is 23.1 Å². The second kappa shape index (κ2) is 6.12. The molecule has 1 aromatic carbocycles. The fraction of sp³-hybridized carbons (Fsp3) is 0.455. The SMILES string of the molecule is COCOc1ccc(S(=O)(=O)F)cc1CN(C)C. The predicted octanol–water partition coefficient (Wildman–Crippen LogP) is 1.39. The number of ether oxygens (including phenoxy) is 2. The number of hydrogen-bond acceptors (Lipinski definition) is 5. The molecule has 0 amide bonds. The van der Waals surface area contributed by atoms with Crippen LogP contribution in [0.1, 0.15) is 5.56 Å². The molecule has 18 heavy (non-hydrogen) atoms. The molecule has 0 radical (unpaired) electrons. The van der Waals surface area contributed by atoms with Gasteiger partial charge in [-0.25, -0.2) is 0 Å². The van der Waals surface area contributed by atoms with Crippen LogP contribution in [-0.2, 0) is 21.5 Å². The van der Waals surface area contributed by atoms with Crippen molar-refractivity contribution < 1.29 is 21.8 Å². The van der Waals surface area contributed by atoms with Crippen molar-refractivity contribution in [2.24, 2.45) is 0 Å². The average Bonchev–Trinajstić information content (AvgIpc) is 2.25. The van der Waals surface area contributed by atoms with Crippen molar-refractivity contribution >= 4 is 10.2 Å². The highest BCUT2D eigenvalue weighted by Gasteiger charge is 2.15. The van der Waals surface area contributed by atoms with Gasteiger partial charge in [0.1, 0.15) is 5.75 Å². The highest BCUT2D eigenvalue weighted by atomic mass is 32.3. The standard InChI is InChI=1S/C11H16FNO4S/c1-13(2)7-9-6-10(18(12,14)15)4-5-11(9)17-8-16-3/h4-6H,7-8H2,1-3H3. The lowest BCUT2D eigenvalue weighted by Crippen LogP contribution is -2.13. The van der Waals surface area contributed by atoms with E-state index in [9.17, 15) is 12.3 Å². The monoisotopic (exact) mass is 277 g/mol. The van der Waals surface area contributed by atoms with Gasteiger partial charge in [0.25, 0.3) is 0 Å². The van der Waals surface area contributed by atoms with E-state index in [4.69, 9.17) is 9.47 Å². The number of nitrogens with zero attached hydrogens (tertiary/aromatic N) is 1. The maximum Gasteiger partial charge on any atom is 0.332 e. The van der Waals surface area contributed by atoms with E-state index in [-0.39, 0.29) is 11.7 Å². The fourth-order valence-electron chi connectivity index (χ4n) is 1.43. The Bertz CT molecular complexity index is 502. The highest BCUT2D eigenvalue weighted by Crippen LogP contribution is 2.24. The van der Waals surface area contributed by atoms with Crippen LogP contribution in [0, 0.1) is 0 Å². The minimum atomic E-state index is -4.70. The van der Waals surface area contributed by atoms with Crippen molar-refractivity contribution in [3.05, 3.63) is 23.8 Å². The molecule has 0 atom stereocenters. The summed E-state index contributed by atoms with van der Waals surface area (Å²) in [5.41, 5.74) is 0.579. The van der Waals surface area contributed by atoms with Crippen LogP contribution in [0.2, 0.25) is 0 Å². The van der Waals surface area contributed by atoms with Gasteiger partial charge >= 0.3 is 10.2 Å². The van der Waals surface area contributed by atoms with Crippen molar-refractivity contribution in [3.8, 4) is 5.75 Å². The molecule has 0 aliphatic heterocycles. The Balaban J connectivity index is 3.12. The van der Waals surface area contributed by atoms with Crippen LogP contribution in [0.4, 0.5) is 3.89 Å². The third-order valence-corrected chi connectivity index (χ3v) is 2.95. The van der Waals surface area contributed by atoms with E-state index in [0.717, 1.165) is 0 Å². The van der Waals surface area contributed by atoms with Crippen LogP contribution in [0.5, 0.6) is 5.75 Å². The minimum absolute atomic E-state index is 0.0438. The van der Waals surface area contributed by atoms with Crippen LogP contribution in [0.3, 0.4) is 0 Å². The Morgan fingerprint density at radius 1 is 1.33 bits per heavy atom. The number of methoxy groups -OCH3 is 1. The Labute approximate surface area is 106 Å². The molecule has 0 bridgehead atoms. The largest absolute Gasteiger partial charge is 0.467 e. The van der Waals surface area contributed by atoms with E-state index in [1.165, 1.54) is 25.3 Å². The third-order valence-electron chi connectivity index (χ3n) is 2.13. The summed E-state index contributed by atoms with van der Waals surface area (Å²) >= 11 is 0. The lowest BCUT2D eigenvalue weighted by atomic mass is 10.2. The number of halogens is 1. The molecule has 0 spiro atoms. The summed E-state index contributed by atoms with van der Waals surface area (Å²) in [6, 6.07) is 3.85. The minimum Gasteiger partial charge on any atom is -0.467 e. The summed E-state index contributed by atoms with van der Waals surface area (Å²) in [6.07, 6.45) is 0. The first kappa shape index (κ1) is 14.9. The van der Waals surface area contributed by atoms with Gasteiger partial charge in [-0.1, -0.05) is 0 Å². The Hall–Kier alpha value is -1.18. The number of hydrogen-bond donors (Lipinski definition) is 0. The molecule has 1 aromatic rings. The second-order valence-corrected chi connectivity index (χ2v) is 5.34. The Morgan fingerprint density at radius 3 is 2.50 bits per heavy atom. The van der Waals surface area contributed by atoms with Crippen LogP contribution in [0.25, 0.3) is 0 Å². The Morgan fingerprint density at radius 2 is 2.00 bits per heavy atom. The van der Waals surface area contributed by atoms with E-state index in [2.05, 4.69) is 0 Å². The zero-order valence-electron chi connectivity index (χ0n) is 10.5. The zero-order valence-corrected chi connectivity index (χ0v) is 11.3. The molecule has 0 aromatic heterocycles. The molecule has 5 nitrogen and oxygen atoms in total. The van der Waals surface area contributed by atoms with Gasteiger partial charge in [0.05, 0.1) is 4.90 Å². The third kappa shape index (κ3) is 4.25. The predicted molar refractivity (Wildman–Crippen MR) is 64.6 cm³/mol. The normalized spacial score (nSPS) is 11.8. The molecular formula is C11H16FNO4S. The molecule has 1 rings (SSSR count). The number of rotatable bonds is 6. The van der Waals surface area contributed by atoms with Gasteiger partial charge in [0.2, 0.25) is 0 Å². The maximum absolute atomic E-state index is 12.9.